The lowest BCUT2D eigenvalue weighted by Crippen LogP contribution is -2.43. The molecule has 0 aliphatic heterocycles. The summed E-state index contributed by atoms with van der Waals surface area (Å²) in [5.74, 6) is 2.31. The van der Waals surface area contributed by atoms with Crippen LogP contribution in [0.5, 0.6) is 0 Å². The molecule has 4 aliphatic rings. The summed E-state index contributed by atoms with van der Waals surface area (Å²) in [7, 11) is -1.96. The summed E-state index contributed by atoms with van der Waals surface area (Å²) in [6.07, 6.45) is 13.2. The number of hydrogen-bond acceptors (Lipinski definition) is 0. The summed E-state index contributed by atoms with van der Waals surface area (Å²) < 4.78 is 0. The van der Waals surface area contributed by atoms with Gasteiger partial charge < -0.3 is 0 Å². The highest BCUT2D eigenvalue weighted by atomic mass is 35.6. The summed E-state index contributed by atoms with van der Waals surface area (Å²) in [5.41, 5.74) is 10.6. The molecular formula is C21H25ClSi. The minimum Gasteiger partial charge on any atom is -0.166 e. The van der Waals surface area contributed by atoms with Crippen molar-refractivity contribution in [1.29, 1.82) is 0 Å². The Labute approximate surface area is 145 Å². The van der Waals surface area contributed by atoms with Gasteiger partial charge in [-0.3, -0.25) is 0 Å². The first-order valence-corrected chi connectivity index (χ1v) is 12.3. The molecule has 0 spiro atoms. The number of fused-ring (bicyclic) bond motifs is 4. The third-order valence-electron chi connectivity index (χ3n) is 6.74. The van der Waals surface area contributed by atoms with Crippen molar-refractivity contribution in [1.82, 2.24) is 0 Å². The van der Waals surface area contributed by atoms with Crippen LogP contribution in [0.1, 0.15) is 26.2 Å². The molecule has 0 saturated heterocycles. The lowest BCUT2D eigenvalue weighted by atomic mass is 10.0. The van der Waals surface area contributed by atoms with Crippen LogP contribution in [-0.2, 0) is 0 Å². The minimum atomic E-state index is -1.96. The topological polar surface area (TPSA) is 0 Å². The quantitative estimate of drug-likeness (QED) is 0.249. The van der Waals surface area contributed by atoms with Crippen molar-refractivity contribution in [3.63, 3.8) is 0 Å². The summed E-state index contributed by atoms with van der Waals surface area (Å²) in [4.78, 5) is 0. The minimum absolute atomic E-state index is 0.518. The maximum Gasteiger partial charge on any atom is 0.165 e. The van der Waals surface area contributed by atoms with Crippen LogP contribution in [0.25, 0.3) is 0 Å². The van der Waals surface area contributed by atoms with E-state index in [0.29, 0.717) is 34.8 Å². The molecule has 0 heterocycles. The van der Waals surface area contributed by atoms with Crippen molar-refractivity contribution in [2.45, 2.75) is 43.3 Å². The first-order valence-electron chi connectivity index (χ1n) is 8.97. The second kappa shape index (κ2) is 5.54. The Balaban J connectivity index is 1.74. The normalized spacial score (nSPS) is 42.2. The predicted molar refractivity (Wildman–Crippen MR) is 101 cm³/mol. The molecule has 4 aliphatic carbocycles. The zero-order valence-corrected chi connectivity index (χ0v) is 15.7. The number of allylic oxidation sites excluding steroid dienone is 6. The Kier molecular flexibility index (Phi) is 3.74. The van der Waals surface area contributed by atoms with Crippen molar-refractivity contribution in [2.75, 3.05) is 0 Å². The van der Waals surface area contributed by atoms with Gasteiger partial charge in [-0.05, 0) is 53.0 Å². The first-order chi connectivity index (χ1) is 11.1. The van der Waals surface area contributed by atoms with Crippen molar-refractivity contribution >= 4 is 18.5 Å². The second-order valence-electron chi connectivity index (χ2n) is 7.69. The van der Waals surface area contributed by atoms with E-state index in [1.165, 1.54) is 23.6 Å². The third-order valence-corrected chi connectivity index (χ3v) is 13.9. The fourth-order valence-electron chi connectivity index (χ4n) is 6.00. The van der Waals surface area contributed by atoms with Crippen molar-refractivity contribution in [3.05, 3.63) is 60.1 Å². The molecule has 23 heavy (non-hydrogen) atoms. The van der Waals surface area contributed by atoms with Gasteiger partial charge in [-0.25, -0.2) is 0 Å². The molecule has 6 atom stereocenters. The van der Waals surface area contributed by atoms with E-state index < -0.39 is 7.38 Å². The van der Waals surface area contributed by atoms with Gasteiger partial charge in [0.15, 0.2) is 7.38 Å². The molecule has 2 saturated carbocycles. The molecule has 2 heteroatoms. The van der Waals surface area contributed by atoms with Crippen molar-refractivity contribution in [3.8, 4) is 0 Å². The molecule has 0 nitrogen and oxygen atoms in total. The zero-order chi connectivity index (χ0) is 16.2. The van der Waals surface area contributed by atoms with E-state index in [0.717, 1.165) is 12.8 Å². The number of rotatable bonds is 4. The van der Waals surface area contributed by atoms with Crippen LogP contribution in [0.4, 0.5) is 0 Å². The fraction of sp³-hybridized carbons (Fsp3) is 0.524. The lowest BCUT2D eigenvalue weighted by Gasteiger charge is -2.41. The Morgan fingerprint density at radius 1 is 1.00 bits per heavy atom. The van der Waals surface area contributed by atoms with Gasteiger partial charge in [0, 0.05) is 11.8 Å². The Bertz CT molecular complexity index is 633. The highest BCUT2D eigenvalue weighted by molar-refractivity contribution is 7.22. The molecule has 0 aromatic rings. The largest absolute Gasteiger partial charge is 0.166 e. The Morgan fingerprint density at radius 2 is 1.48 bits per heavy atom. The zero-order valence-electron chi connectivity index (χ0n) is 13.9. The molecule has 0 aromatic heterocycles. The average molecular weight is 341 g/mol. The van der Waals surface area contributed by atoms with E-state index in [9.17, 15) is 0 Å². The van der Waals surface area contributed by atoms with Crippen molar-refractivity contribution in [2.24, 2.45) is 23.7 Å². The molecule has 0 N–H and O–H groups in total. The van der Waals surface area contributed by atoms with E-state index in [1.807, 2.05) is 0 Å². The summed E-state index contributed by atoms with van der Waals surface area (Å²) in [6, 6.07) is 1.22. The SMILES string of the molecule is C=C=C1CC2C=CC1C2[Si](Cl)(CCC)C1C2C=CC1C(=C=C)C2. The molecule has 4 rings (SSSR count). The standard InChI is InChI=1S/C21H25ClSi/c1-4-11-23(22,20-16-7-9-18(20)14(5-2)12-16)21-17-8-10-19(21)15(6-3)13-17/h7-10,16-21H,2-4,11-13H2,1H3. The van der Waals surface area contributed by atoms with Crippen molar-refractivity contribution < 1.29 is 0 Å². The van der Waals surface area contributed by atoms with E-state index >= 15 is 0 Å². The fourth-order valence-corrected chi connectivity index (χ4v) is 13.9. The highest BCUT2D eigenvalue weighted by Gasteiger charge is 2.62. The van der Waals surface area contributed by atoms with Gasteiger partial charge in [0.2, 0.25) is 0 Å². The molecule has 0 radical (unpaired) electrons. The molecule has 6 unspecified atom stereocenters. The molecule has 0 aromatic carbocycles. The molecule has 4 bridgehead atoms. The predicted octanol–water partition coefficient (Wildman–Crippen LogP) is 6.16. The summed E-state index contributed by atoms with van der Waals surface area (Å²) >= 11 is 7.69. The van der Waals surface area contributed by atoms with Crippen LogP contribution in [0.2, 0.25) is 17.1 Å². The first kappa shape index (κ1) is 15.5. The average Bonchev–Trinajstić information content (AvgIpc) is 3.32. The smallest absolute Gasteiger partial charge is 0.165 e. The third kappa shape index (κ3) is 2.04. The number of halogens is 1. The van der Waals surface area contributed by atoms with Gasteiger partial charge in [0.1, 0.15) is 0 Å². The van der Waals surface area contributed by atoms with Crippen LogP contribution >= 0.6 is 11.1 Å². The summed E-state index contributed by atoms with van der Waals surface area (Å²) in [6.45, 7) is 10.2. The van der Waals surface area contributed by atoms with E-state index in [1.54, 1.807) is 0 Å². The van der Waals surface area contributed by atoms with Gasteiger partial charge >= 0.3 is 0 Å². The van der Waals surface area contributed by atoms with Crippen LogP contribution in [0.3, 0.4) is 0 Å². The van der Waals surface area contributed by atoms with Gasteiger partial charge in [0.25, 0.3) is 0 Å². The van der Waals surface area contributed by atoms with Crippen LogP contribution in [0.15, 0.2) is 60.1 Å². The molecule has 120 valence electrons. The Morgan fingerprint density at radius 3 is 1.83 bits per heavy atom. The maximum atomic E-state index is 7.69. The number of hydrogen-bond donors (Lipinski definition) is 0. The van der Waals surface area contributed by atoms with Gasteiger partial charge in [0.05, 0.1) is 0 Å². The molecule has 0 amide bonds. The van der Waals surface area contributed by atoms with E-state index in [-0.39, 0.29) is 0 Å². The van der Waals surface area contributed by atoms with Gasteiger partial charge in [-0.1, -0.05) is 50.8 Å². The monoisotopic (exact) mass is 340 g/mol. The van der Waals surface area contributed by atoms with Crippen LogP contribution < -0.4 is 0 Å². The second-order valence-corrected chi connectivity index (χ2v) is 13.5. The molecular weight excluding hydrogens is 316 g/mol. The maximum absolute atomic E-state index is 7.69. The highest BCUT2D eigenvalue weighted by Crippen LogP contribution is 2.67. The molecule has 2 fully saturated rings. The van der Waals surface area contributed by atoms with Crippen LogP contribution in [0, 0.1) is 23.7 Å². The Hall–Kier alpha value is -0.973. The lowest BCUT2D eigenvalue weighted by molar-refractivity contribution is 0.598. The van der Waals surface area contributed by atoms with E-state index in [2.05, 4.69) is 55.8 Å². The van der Waals surface area contributed by atoms with Gasteiger partial charge in [-0.2, -0.15) is 11.1 Å². The van der Waals surface area contributed by atoms with Crippen LogP contribution in [-0.4, -0.2) is 7.38 Å². The summed E-state index contributed by atoms with van der Waals surface area (Å²) in [5, 5.41) is 0. The van der Waals surface area contributed by atoms with E-state index in [4.69, 9.17) is 11.1 Å². The van der Waals surface area contributed by atoms with Gasteiger partial charge in [-0.15, -0.1) is 11.5 Å².